The monoisotopic (exact) mass is 297 g/mol. The number of hydrogen-bond donors (Lipinski definition) is 0. The molecule has 2 aromatic rings. The molecular weight excluding hydrogens is 274 g/mol. The maximum atomic E-state index is 12.0. The average Bonchev–Trinajstić information content (AvgIpc) is 2.55. The molecule has 0 amide bonds. The number of para-hydroxylation sites is 1. The van der Waals surface area contributed by atoms with Crippen LogP contribution in [0.15, 0.2) is 54.6 Å². The molecule has 22 heavy (non-hydrogen) atoms. The van der Waals surface area contributed by atoms with Crippen molar-refractivity contribution in [2.24, 2.45) is 0 Å². The van der Waals surface area contributed by atoms with Crippen molar-refractivity contribution >= 4 is 11.7 Å². The minimum atomic E-state index is -0.338. The van der Waals surface area contributed by atoms with Crippen LogP contribution < -0.4 is 4.90 Å². The highest BCUT2D eigenvalue weighted by atomic mass is 16.5. The van der Waals surface area contributed by atoms with Crippen molar-refractivity contribution in [2.75, 3.05) is 12.0 Å². The van der Waals surface area contributed by atoms with Crippen LogP contribution in [-0.2, 0) is 9.53 Å². The maximum Gasteiger partial charge on any atom is 0.328 e. The van der Waals surface area contributed by atoms with Gasteiger partial charge in [0, 0.05) is 17.3 Å². The van der Waals surface area contributed by atoms with E-state index in [4.69, 9.17) is 4.74 Å². The van der Waals surface area contributed by atoms with Gasteiger partial charge in [-0.1, -0.05) is 48.5 Å². The molecule has 0 heterocycles. The lowest BCUT2D eigenvalue weighted by Crippen LogP contribution is -2.44. The fourth-order valence-corrected chi connectivity index (χ4v) is 2.78. The first-order valence-corrected chi connectivity index (χ1v) is 7.57. The van der Waals surface area contributed by atoms with Gasteiger partial charge in [0.2, 0.25) is 0 Å². The van der Waals surface area contributed by atoms with E-state index in [-0.39, 0.29) is 18.1 Å². The van der Waals surface area contributed by atoms with Gasteiger partial charge in [0.05, 0.1) is 7.11 Å². The van der Waals surface area contributed by atoms with Crippen molar-refractivity contribution in [3.05, 3.63) is 54.6 Å². The fourth-order valence-electron chi connectivity index (χ4n) is 2.78. The number of hydrogen-bond acceptors (Lipinski definition) is 3. The second-order valence-corrected chi connectivity index (χ2v) is 5.58. The van der Waals surface area contributed by atoms with Gasteiger partial charge in [-0.3, -0.25) is 0 Å². The molecule has 0 N–H and O–H groups in total. The molecule has 3 heteroatoms. The van der Waals surface area contributed by atoms with Crippen LogP contribution in [0.1, 0.15) is 20.8 Å². The van der Waals surface area contributed by atoms with Gasteiger partial charge in [-0.05, 0) is 32.4 Å². The third kappa shape index (κ3) is 3.30. The molecule has 2 aromatic carbocycles. The van der Waals surface area contributed by atoms with Crippen LogP contribution in [0, 0.1) is 0 Å². The minimum Gasteiger partial charge on any atom is -0.467 e. The van der Waals surface area contributed by atoms with Gasteiger partial charge in [0.15, 0.2) is 0 Å². The van der Waals surface area contributed by atoms with Crippen molar-refractivity contribution in [3.8, 4) is 11.1 Å². The normalized spacial score (nSPS) is 12.0. The lowest BCUT2D eigenvalue weighted by atomic mass is 10.0. The lowest BCUT2D eigenvalue weighted by Gasteiger charge is -2.35. The molecule has 0 spiro atoms. The second kappa shape index (κ2) is 7.12. The van der Waals surface area contributed by atoms with Crippen LogP contribution in [0.25, 0.3) is 11.1 Å². The number of esters is 1. The molecule has 0 aliphatic rings. The van der Waals surface area contributed by atoms with E-state index in [2.05, 4.69) is 43.0 Å². The Morgan fingerprint density at radius 3 is 2.14 bits per heavy atom. The molecule has 0 bridgehead atoms. The summed E-state index contributed by atoms with van der Waals surface area (Å²) in [5.74, 6) is -0.225. The van der Waals surface area contributed by atoms with E-state index in [1.54, 1.807) is 0 Å². The van der Waals surface area contributed by atoms with Crippen LogP contribution in [0.3, 0.4) is 0 Å². The van der Waals surface area contributed by atoms with Gasteiger partial charge in [0.1, 0.15) is 6.04 Å². The number of nitrogens with zero attached hydrogens (tertiary/aromatic N) is 1. The molecule has 0 radical (unpaired) electrons. The highest BCUT2D eigenvalue weighted by molar-refractivity contribution is 5.85. The smallest absolute Gasteiger partial charge is 0.328 e. The summed E-state index contributed by atoms with van der Waals surface area (Å²) >= 11 is 0. The third-order valence-electron chi connectivity index (χ3n) is 3.78. The van der Waals surface area contributed by atoms with Crippen LogP contribution in [0.5, 0.6) is 0 Å². The Hall–Kier alpha value is -2.29. The Morgan fingerprint density at radius 1 is 0.955 bits per heavy atom. The van der Waals surface area contributed by atoms with Crippen LogP contribution in [-0.4, -0.2) is 25.2 Å². The van der Waals surface area contributed by atoms with Crippen molar-refractivity contribution in [1.29, 1.82) is 0 Å². The van der Waals surface area contributed by atoms with Crippen molar-refractivity contribution in [2.45, 2.75) is 32.9 Å². The molecule has 0 aromatic heterocycles. The molecule has 0 aliphatic carbocycles. The zero-order valence-corrected chi connectivity index (χ0v) is 13.6. The Balaban J connectivity index is 2.52. The van der Waals surface area contributed by atoms with E-state index in [9.17, 15) is 4.79 Å². The molecular formula is C19H23NO2. The van der Waals surface area contributed by atoms with Crippen LogP contribution in [0.2, 0.25) is 0 Å². The number of carbonyl (C=O) groups excluding carboxylic acids is 1. The molecule has 0 saturated carbocycles. The number of methoxy groups -OCH3 is 1. The number of anilines is 1. The highest BCUT2D eigenvalue weighted by Crippen LogP contribution is 2.33. The van der Waals surface area contributed by atoms with Gasteiger partial charge in [-0.2, -0.15) is 0 Å². The summed E-state index contributed by atoms with van der Waals surface area (Å²) in [6.07, 6.45) is 0. The number of ether oxygens (including phenoxy) is 1. The summed E-state index contributed by atoms with van der Waals surface area (Å²) < 4.78 is 4.93. The zero-order chi connectivity index (χ0) is 16.1. The quantitative estimate of drug-likeness (QED) is 0.777. The molecule has 0 aliphatic heterocycles. The summed E-state index contributed by atoms with van der Waals surface area (Å²) in [6, 6.07) is 18.2. The lowest BCUT2D eigenvalue weighted by molar-refractivity contribution is -0.141. The molecule has 3 nitrogen and oxygen atoms in total. The topological polar surface area (TPSA) is 29.5 Å². The van der Waals surface area contributed by atoms with Gasteiger partial charge in [-0.15, -0.1) is 0 Å². The molecule has 1 atom stereocenters. The number of benzene rings is 2. The van der Waals surface area contributed by atoms with Crippen molar-refractivity contribution in [1.82, 2.24) is 0 Å². The minimum absolute atomic E-state index is 0.180. The Labute approximate surface area is 132 Å². The number of carbonyl (C=O) groups is 1. The highest BCUT2D eigenvalue weighted by Gasteiger charge is 2.26. The molecule has 116 valence electrons. The maximum absolute atomic E-state index is 12.0. The molecule has 0 saturated heterocycles. The average molecular weight is 297 g/mol. The fraction of sp³-hybridized carbons (Fsp3) is 0.316. The largest absolute Gasteiger partial charge is 0.467 e. The Bertz CT molecular complexity index is 622. The van der Waals surface area contributed by atoms with E-state index in [1.165, 1.54) is 7.11 Å². The molecule has 0 unspecified atom stereocenters. The Kier molecular flexibility index (Phi) is 5.21. The SMILES string of the molecule is COC(=O)[C@H](C)N(c1ccccc1-c1ccccc1)C(C)C. The predicted molar refractivity (Wildman–Crippen MR) is 91.0 cm³/mol. The first-order chi connectivity index (χ1) is 10.6. The molecule has 0 fully saturated rings. The summed E-state index contributed by atoms with van der Waals surface area (Å²) in [4.78, 5) is 14.1. The number of rotatable bonds is 5. The van der Waals surface area contributed by atoms with Gasteiger partial charge < -0.3 is 9.64 Å². The zero-order valence-electron chi connectivity index (χ0n) is 13.6. The van der Waals surface area contributed by atoms with Crippen LogP contribution >= 0.6 is 0 Å². The first-order valence-electron chi connectivity index (χ1n) is 7.57. The summed E-state index contributed by atoms with van der Waals surface area (Å²) in [5, 5.41) is 0. The molecule has 2 rings (SSSR count). The van der Waals surface area contributed by atoms with Crippen LogP contribution in [0.4, 0.5) is 5.69 Å². The third-order valence-corrected chi connectivity index (χ3v) is 3.78. The standard InChI is InChI=1S/C19H23NO2/c1-14(2)20(15(3)19(21)22-4)18-13-9-8-12-17(18)16-10-6-5-7-11-16/h5-15H,1-4H3/t15-/m0/s1. The predicted octanol–water partition coefficient (Wildman–Crippen LogP) is 4.13. The van der Waals surface area contributed by atoms with E-state index >= 15 is 0 Å². The van der Waals surface area contributed by atoms with Crippen molar-refractivity contribution in [3.63, 3.8) is 0 Å². The van der Waals surface area contributed by atoms with Gasteiger partial charge >= 0.3 is 5.97 Å². The Morgan fingerprint density at radius 2 is 1.55 bits per heavy atom. The summed E-state index contributed by atoms with van der Waals surface area (Å²) in [6.45, 7) is 6.05. The van der Waals surface area contributed by atoms with E-state index < -0.39 is 0 Å². The van der Waals surface area contributed by atoms with Crippen molar-refractivity contribution < 1.29 is 9.53 Å². The summed E-state index contributed by atoms with van der Waals surface area (Å²) in [5.41, 5.74) is 3.30. The first kappa shape index (κ1) is 16.1. The van der Waals surface area contributed by atoms with E-state index in [1.807, 2.05) is 37.3 Å². The van der Waals surface area contributed by atoms with E-state index in [0.717, 1.165) is 16.8 Å². The summed E-state index contributed by atoms with van der Waals surface area (Å²) in [7, 11) is 1.43. The van der Waals surface area contributed by atoms with Gasteiger partial charge in [-0.25, -0.2) is 4.79 Å². The van der Waals surface area contributed by atoms with Gasteiger partial charge in [0.25, 0.3) is 0 Å². The van der Waals surface area contributed by atoms with E-state index in [0.29, 0.717) is 0 Å². The second-order valence-electron chi connectivity index (χ2n) is 5.58.